The zero-order chi connectivity index (χ0) is 12.6. The minimum absolute atomic E-state index is 0.00111. The van der Waals surface area contributed by atoms with Gasteiger partial charge >= 0.3 is 0 Å². The van der Waals surface area contributed by atoms with Gasteiger partial charge in [0.2, 0.25) is 20.0 Å². The van der Waals surface area contributed by atoms with E-state index in [4.69, 9.17) is 5.73 Å². The Morgan fingerprint density at radius 2 is 2.24 bits per heavy atom. The van der Waals surface area contributed by atoms with Gasteiger partial charge in [0.05, 0.1) is 11.4 Å². The fourth-order valence-corrected chi connectivity index (χ4v) is 2.81. The highest BCUT2D eigenvalue weighted by atomic mass is 32.2. The van der Waals surface area contributed by atoms with Gasteiger partial charge in [-0.2, -0.15) is 4.68 Å². The number of rotatable bonds is 3. The average molecular weight is 273 g/mol. The van der Waals surface area contributed by atoms with Crippen molar-refractivity contribution in [2.45, 2.75) is 18.9 Å². The Morgan fingerprint density at radius 1 is 1.53 bits per heavy atom. The molecule has 92 valence electrons. The first-order valence-corrected chi connectivity index (χ1v) is 7.35. The van der Waals surface area contributed by atoms with E-state index in [0.717, 1.165) is 5.69 Å². The van der Waals surface area contributed by atoms with Crippen LogP contribution in [0.3, 0.4) is 0 Å². The van der Waals surface area contributed by atoms with Gasteiger partial charge in [0.15, 0.2) is 5.82 Å². The number of anilines is 1. The molecule has 0 aliphatic carbocycles. The van der Waals surface area contributed by atoms with E-state index >= 15 is 0 Å². The van der Waals surface area contributed by atoms with E-state index in [1.807, 2.05) is 12.3 Å². The zero-order valence-electron chi connectivity index (χ0n) is 9.28. The van der Waals surface area contributed by atoms with Crippen LogP contribution in [0.15, 0.2) is 10.4 Å². The summed E-state index contributed by atoms with van der Waals surface area (Å²) < 4.78 is 24.6. The molecular weight excluding hydrogens is 262 g/mol. The maximum absolute atomic E-state index is 11.7. The molecule has 0 amide bonds. The quantitative estimate of drug-likeness (QED) is 0.868. The van der Waals surface area contributed by atoms with Gasteiger partial charge < -0.3 is 5.73 Å². The SMILES string of the molecule is CCS(=O)(=O)c1nnn(-c2nc(C)cs2)c1N. The van der Waals surface area contributed by atoms with Crippen molar-refractivity contribution in [3.05, 3.63) is 11.1 Å². The fraction of sp³-hybridized carbons (Fsp3) is 0.375. The lowest BCUT2D eigenvalue weighted by atomic mass is 10.6. The zero-order valence-corrected chi connectivity index (χ0v) is 10.9. The third-order valence-corrected chi connectivity index (χ3v) is 4.71. The Balaban J connectivity index is 2.54. The Hall–Kier alpha value is -1.48. The lowest BCUT2D eigenvalue weighted by Gasteiger charge is -1.98. The molecule has 2 N–H and O–H groups in total. The van der Waals surface area contributed by atoms with E-state index in [0.29, 0.717) is 5.13 Å². The lowest BCUT2D eigenvalue weighted by molar-refractivity contribution is 0.593. The molecule has 0 saturated heterocycles. The summed E-state index contributed by atoms with van der Waals surface area (Å²) in [4.78, 5) is 4.17. The summed E-state index contributed by atoms with van der Waals surface area (Å²) >= 11 is 1.32. The molecule has 0 spiro atoms. The molecule has 0 bridgehead atoms. The number of nitrogen functional groups attached to an aromatic ring is 1. The number of nitrogens with zero attached hydrogens (tertiary/aromatic N) is 4. The van der Waals surface area contributed by atoms with Crippen LogP contribution in [0.25, 0.3) is 5.13 Å². The summed E-state index contributed by atoms with van der Waals surface area (Å²) in [6.45, 7) is 3.36. The fourth-order valence-electron chi connectivity index (χ4n) is 1.21. The Morgan fingerprint density at radius 3 is 2.76 bits per heavy atom. The van der Waals surface area contributed by atoms with Crippen LogP contribution in [-0.4, -0.2) is 34.1 Å². The van der Waals surface area contributed by atoms with Crippen molar-refractivity contribution in [3.63, 3.8) is 0 Å². The van der Waals surface area contributed by atoms with Crippen molar-refractivity contribution in [1.29, 1.82) is 0 Å². The Bertz CT molecular complexity index is 643. The van der Waals surface area contributed by atoms with Crippen molar-refractivity contribution >= 4 is 27.0 Å². The molecule has 9 heteroatoms. The van der Waals surface area contributed by atoms with Crippen LogP contribution in [0.5, 0.6) is 0 Å². The number of nitrogens with two attached hydrogens (primary N) is 1. The molecule has 0 unspecified atom stereocenters. The topological polar surface area (TPSA) is 104 Å². The first-order valence-electron chi connectivity index (χ1n) is 4.82. The Labute approximate surface area is 102 Å². The second-order valence-corrected chi connectivity index (χ2v) is 6.40. The summed E-state index contributed by atoms with van der Waals surface area (Å²) in [5.74, 6) is -0.0616. The highest BCUT2D eigenvalue weighted by molar-refractivity contribution is 7.91. The van der Waals surface area contributed by atoms with Crippen LogP contribution in [0.1, 0.15) is 12.6 Å². The number of aromatic nitrogens is 4. The number of aryl methyl sites for hydroxylation is 1. The maximum atomic E-state index is 11.7. The van der Waals surface area contributed by atoms with Gasteiger partial charge in [0, 0.05) is 5.38 Å². The van der Waals surface area contributed by atoms with Gasteiger partial charge in [-0.25, -0.2) is 13.4 Å². The third kappa shape index (κ3) is 2.03. The second-order valence-electron chi connectivity index (χ2n) is 3.37. The van der Waals surface area contributed by atoms with E-state index in [-0.39, 0.29) is 16.6 Å². The molecule has 0 aromatic carbocycles. The highest BCUT2D eigenvalue weighted by Crippen LogP contribution is 2.21. The molecule has 0 radical (unpaired) electrons. The average Bonchev–Trinajstić information content (AvgIpc) is 2.85. The first kappa shape index (κ1) is 12.0. The van der Waals surface area contributed by atoms with Crippen molar-refractivity contribution in [1.82, 2.24) is 20.0 Å². The maximum Gasteiger partial charge on any atom is 0.221 e. The molecule has 0 fully saturated rings. The summed E-state index contributed by atoms with van der Waals surface area (Å²) in [6, 6.07) is 0. The molecule has 0 atom stereocenters. The van der Waals surface area contributed by atoms with Crippen LogP contribution in [0.2, 0.25) is 0 Å². The minimum atomic E-state index is -3.45. The summed E-state index contributed by atoms with van der Waals surface area (Å²) in [5, 5.41) is 9.48. The van der Waals surface area contributed by atoms with E-state index in [1.165, 1.54) is 22.9 Å². The predicted octanol–water partition coefficient (Wildman–Crippen LogP) is 0.408. The number of thiazole rings is 1. The van der Waals surface area contributed by atoms with Gasteiger partial charge in [0.25, 0.3) is 0 Å². The van der Waals surface area contributed by atoms with Crippen LogP contribution in [0, 0.1) is 6.92 Å². The van der Waals surface area contributed by atoms with Gasteiger partial charge in [-0.05, 0) is 6.92 Å². The van der Waals surface area contributed by atoms with E-state index in [2.05, 4.69) is 15.3 Å². The molecule has 2 aromatic rings. The smallest absolute Gasteiger partial charge is 0.221 e. The standard InChI is InChI=1S/C8H11N5O2S2/c1-3-17(14,15)7-6(9)13(12-11-7)8-10-5(2)4-16-8/h4H,3,9H2,1-2H3. The molecule has 0 saturated carbocycles. The predicted molar refractivity (Wildman–Crippen MR) is 63.9 cm³/mol. The number of hydrogen-bond acceptors (Lipinski definition) is 7. The van der Waals surface area contributed by atoms with E-state index in [9.17, 15) is 8.42 Å². The van der Waals surface area contributed by atoms with Gasteiger partial charge in [-0.3, -0.25) is 0 Å². The highest BCUT2D eigenvalue weighted by Gasteiger charge is 2.23. The Kier molecular flexibility index (Phi) is 2.87. The molecule has 7 nitrogen and oxygen atoms in total. The third-order valence-electron chi connectivity index (χ3n) is 2.13. The van der Waals surface area contributed by atoms with Crippen molar-refractivity contribution in [2.75, 3.05) is 11.5 Å². The molecule has 0 aliphatic heterocycles. The van der Waals surface area contributed by atoms with Crippen LogP contribution in [-0.2, 0) is 9.84 Å². The summed E-state index contributed by atoms with van der Waals surface area (Å²) in [7, 11) is -3.45. The van der Waals surface area contributed by atoms with Crippen LogP contribution < -0.4 is 5.73 Å². The number of sulfone groups is 1. The molecular formula is C8H11N5O2S2. The van der Waals surface area contributed by atoms with Crippen LogP contribution >= 0.6 is 11.3 Å². The summed E-state index contributed by atoms with van der Waals surface area (Å²) in [6.07, 6.45) is 0. The van der Waals surface area contributed by atoms with Gasteiger partial charge in [-0.1, -0.05) is 12.1 Å². The van der Waals surface area contributed by atoms with Crippen LogP contribution in [0.4, 0.5) is 5.82 Å². The van der Waals surface area contributed by atoms with E-state index in [1.54, 1.807) is 0 Å². The molecule has 2 heterocycles. The van der Waals surface area contributed by atoms with Crippen molar-refractivity contribution in [2.24, 2.45) is 0 Å². The summed E-state index contributed by atoms with van der Waals surface area (Å²) in [5.41, 5.74) is 6.55. The van der Waals surface area contributed by atoms with Gasteiger partial charge in [0.1, 0.15) is 0 Å². The molecule has 2 aromatic heterocycles. The molecule has 2 rings (SSSR count). The second kappa shape index (κ2) is 4.08. The normalized spacial score (nSPS) is 11.9. The first-order chi connectivity index (χ1) is 7.95. The monoisotopic (exact) mass is 273 g/mol. The lowest BCUT2D eigenvalue weighted by Crippen LogP contribution is -2.08. The van der Waals surface area contributed by atoms with Crippen molar-refractivity contribution < 1.29 is 8.42 Å². The largest absolute Gasteiger partial charge is 0.381 e. The minimum Gasteiger partial charge on any atom is -0.381 e. The van der Waals surface area contributed by atoms with Crippen molar-refractivity contribution in [3.8, 4) is 5.13 Å². The molecule has 17 heavy (non-hydrogen) atoms. The van der Waals surface area contributed by atoms with Gasteiger partial charge in [-0.15, -0.1) is 16.4 Å². The number of hydrogen-bond donors (Lipinski definition) is 1. The van der Waals surface area contributed by atoms with E-state index < -0.39 is 9.84 Å². The molecule has 0 aliphatic rings.